The molecule has 1 atom stereocenters. The molecule has 1 aromatic rings. The highest BCUT2D eigenvalue weighted by Gasteiger charge is 2.31. The molecule has 0 saturated heterocycles. The zero-order valence-corrected chi connectivity index (χ0v) is 13.0. The van der Waals surface area contributed by atoms with Crippen molar-refractivity contribution in [1.82, 2.24) is 5.32 Å². The number of hydrogen-bond acceptors (Lipinski definition) is 1. The van der Waals surface area contributed by atoms with Crippen LogP contribution in [-0.2, 0) is 4.79 Å². The number of hydrogen-bond donors (Lipinski definition) is 1. The van der Waals surface area contributed by atoms with E-state index in [1.807, 2.05) is 30.3 Å². The smallest absolute Gasteiger partial charge is 0.244 e. The van der Waals surface area contributed by atoms with E-state index in [1.54, 1.807) is 6.08 Å². The summed E-state index contributed by atoms with van der Waals surface area (Å²) in [5, 5.41) is 3.08. The summed E-state index contributed by atoms with van der Waals surface area (Å²) in [7, 11) is 0. The Morgan fingerprint density at radius 2 is 2.26 bits per heavy atom. The fourth-order valence-electron chi connectivity index (χ4n) is 2.59. The Morgan fingerprint density at radius 3 is 2.89 bits per heavy atom. The van der Waals surface area contributed by atoms with Gasteiger partial charge in [-0.3, -0.25) is 4.79 Å². The normalized spacial score (nSPS) is 21.7. The maximum Gasteiger partial charge on any atom is 0.244 e. The van der Waals surface area contributed by atoms with Crippen molar-refractivity contribution in [3.63, 3.8) is 0 Å². The van der Waals surface area contributed by atoms with Crippen LogP contribution >= 0.6 is 15.9 Å². The SMILES string of the molecule is CC1(C)CCC(NC(=O)/C=C/c2cccc(Br)c2)C1. The van der Waals surface area contributed by atoms with Gasteiger partial charge in [-0.2, -0.15) is 0 Å². The number of amides is 1. The van der Waals surface area contributed by atoms with E-state index in [9.17, 15) is 4.79 Å². The third kappa shape index (κ3) is 4.50. The Labute approximate surface area is 123 Å². The van der Waals surface area contributed by atoms with Gasteiger partial charge in [-0.25, -0.2) is 0 Å². The maximum atomic E-state index is 11.9. The molecule has 1 N–H and O–H groups in total. The number of halogens is 1. The van der Waals surface area contributed by atoms with Crippen LogP contribution in [0.4, 0.5) is 0 Å². The lowest BCUT2D eigenvalue weighted by Gasteiger charge is -2.17. The minimum atomic E-state index is 0.00248. The lowest BCUT2D eigenvalue weighted by molar-refractivity contribution is -0.117. The standard InChI is InChI=1S/C16H20BrNO/c1-16(2)9-8-14(11-16)18-15(19)7-6-12-4-3-5-13(17)10-12/h3-7,10,14H,8-9,11H2,1-2H3,(H,18,19)/b7-6+. The van der Waals surface area contributed by atoms with Crippen molar-refractivity contribution in [3.05, 3.63) is 40.4 Å². The van der Waals surface area contributed by atoms with Crippen LogP contribution in [0.3, 0.4) is 0 Å². The Morgan fingerprint density at radius 1 is 1.47 bits per heavy atom. The summed E-state index contributed by atoms with van der Waals surface area (Å²) < 4.78 is 1.02. The van der Waals surface area contributed by atoms with Crippen molar-refractivity contribution in [2.75, 3.05) is 0 Å². The Bertz CT molecular complexity index is 493. The summed E-state index contributed by atoms with van der Waals surface area (Å²) in [6, 6.07) is 8.23. The lowest BCUT2D eigenvalue weighted by atomic mass is 9.92. The highest BCUT2D eigenvalue weighted by atomic mass is 79.9. The molecular formula is C16H20BrNO. The van der Waals surface area contributed by atoms with Crippen LogP contribution in [0.25, 0.3) is 6.08 Å². The van der Waals surface area contributed by atoms with Gasteiger partial charge in [0.05, 0.1) is 0 Å². The minimum Gasteiger partial charge on any atom is -0.350 e. The zero-order chi connectivity index (χ0) is 13.9. The van der Waals surface area contributed by atoms with E-state index in [2.05, 4.69) is 35.1 Å². The van der Waals surface area contributed by atoms with Crippen LogP contribution in [0.2, 0.25) is 0 Å². The minimum absolute atomic E-state index is 0.00248. The number of rotatable bonds is 3. The van der Waals surface area contributed by atoms with Crippen LogP contribution in [0.5, 0.6) is 0 Å². The zero-order valence-electron chi connectivity index (χ0n) is 11.4. The van der Waals surface area contributed by atoms with Crippen molar-refractivity contribution < 1.29 is 4.79 Å². The number of carbonyl (C=O) groups is 1. The Kier molecular flexibility index (Phi) is 4.46. The highest BCUT2D eigenvalue weighted by Crippen LogP contribution is 2.36. The van der Waals surface area contributed by atoms with Crippen LogP contribution in [0.1, 0.15) is 38.7 Å². The Hall–Kier alpha value is -1.09. The molecule has 1 fully saturated rings. The van der Waals surface area contributed by atoms with E-state index in [0.717, 1.165) is 22.9 Å². The molecule has 0 spiro atoms. The van der Waals surface area contributed by atoms with E-state index >= 15 is 0 Å². The molecule has 0 aliphatic heterocycles. The first kappa shape index (κ1) is 14.3. The average Bonchev–Trinajstić information content (AvgIpc) is 2.66. The molecule has 102 valence electrons. The van der Waals surface area contributed by atoms with Crippen molar-refractivity contribution in [3.8, 4) is 0 Å². The molecule has 1 aliphatic carbocycles. The van der Waals surface area contributed by atoms with Gasteiger partial charge in [0.25, 0.3) is 0 Å². The summed E-state index contributed by atoms with van der Waals surface area (Å²) in [6.07, 6.45) is 6.81. The number of benzene rings is 1. The Balaban J connectivity index is 1.88. The molecule has 0 radical (unpaired) electrons. The molecule has 2 nitrogen and oxygen atoms in total. The van der Waals surface area contributed by atoms with Gasteiger partial charge in [0.1, 0.15) is 0 Å². The maximum absolute atomic E-state index is 11.9. The number of nitrogens with one attached hydrogen (secondary N) is 1. The highest BCUT2D eigenvalue weighted by molar-refractivity contribution is 9.10. The summed E-state index contributed by atoms with van der Waals surface area (Å²) in [4.78, 5) is 11.9. The molecule has 1 saturated carbocycles. The summed E-state index contributed by atoms with van der Waals surface area (Å²) in [5.41, 5.74) is 1.39. The van der Waals surface area contributed by atoms with Gasteiger partial charge in [0.2, 0.25) is 5.91 Å². The first-order valence-corrected chi connectivity index (χ1v) is 7.48. The predicted octanol–water partition coefficient (Wildman–Crippen LogP) is 4.16. The van der Waals surface area contributed by atoms with Crippen molar-refractivity contribution in [2.45, 2.75) is 39.2 Å². The van der Waals surface area contributed by atoms with Crippen LogP contribution in [0.15, 0.2) is 34.8 Å². The monoisotopic (exact) mass is 321 g/mol. The quantitative estimate of drug-likeness (QED) is 0.832. The molecule has 1 unspecified atom stereocenters. The van der Waals surface area contributed by atoms with Crippen molar-refractivity contribution in [2.24, 2.45) is 5.41 Å². The first-order chi connectivity index (χ1) is 8.94. The largest absolute Gasteiger partial charge is 0.350 e. The van der Waals surface area contributed by atoms with Gasteiger partial charge in [-0.1, -0.05) is 41.9 Å². The van der Waals surface area contributed by atoms with Gasteiger partial charge in [-0.05, 0) is 48.4 Å². The molecule has 19 heavy (non-hydrogen) atoms. The lowest BCUT2D eigenvalue weighted by Crippen LogP contribution is -2.32. The summed E-state index contributed by atoms with van der Waals surface area (Å²) in [5.74, 6) is 0.00248. The second kappa shape index (κ2) is 5.91. The van der Waals surface area contributed by atoms with Crippen LogP contribution in [0, 0.1) is 5.41 Å². The van der Waals surface area contributed by atoms with Gasteiger partial charge < -0.3 is 5.32 Å². The fraction of sp³-hybridized carbons (Fsp3) is 0.438. The van der Waals surface area contributed by atoms with E-state index in [-0.39, 0.29) is 5.91 Å². The molecule has 1 aromatic carbocycles. The second-order valence-corrected chi connectivity index (χ2v) is 6.92. The molecule has 1 amide bonds. The molecule has 0 bridgehead atoms. The van der Waals surface area contributed by atoms with E-state index in [4.69, 9.17) is 0 Å². The third-order valence-electron chi connectivity index (χ3n) is 3.59. The van der Waals surface area contributed by atoms with Gasteiger partial charge in [-0.15, -0.1) is 0 Å². The molecule has 1 aliphatic rings. The molecule has 3 heteroatoms. The van der Waals surface area contributed by atoms with Gasteiger partial charge in [0.15, 0.2) is 0 Å². The van der Waals surface area contributed by atoms with Crippen molar-refractivity contribution in [1.29, 1.82) is 0 Å². The summed E-state index contributed by atoms with van der Waals surface area (Å²) in [6.45, 7) is 4.52. The van der Waals surface area contributed by atoms with Crippen molar-refractivity contribution >= 4 is 27.9 Å². The summed E-state index contributed by atoms with van der Waals surface area (Å²) >= 11 is 3.42. The third-order valence-corrected chi connectivity index (χ3v) is 4.08. The molecule has 2 rings (SSSR count). The van der Waals surface area contributed by atoms with Crippen LogP contribution in [-0.4, -0.2) is 11.9 Å². The van der Waals surface area contributed by atoms with Crippen LogP contribution < -0.4 is 5.32 Å². The topological polar surface area (TPSA) is 29.1 Å². The first-order valence-electron chi connectivity index (χ1n) is 6.69. The number of carbonyl (C=O) groups excluding carboxylic acids is 1. The van der Waals surface area contributed by atoms with E-state index in [0.29, 0.717) is 11.5 Å². The van der Waals surface area contributed by atoms with E-state index < -0.39 is 0 Å². The second-order valence-electron chi connectivity index (χ2n) is 6.00. The van der Waals surface area contributed by atoms with E-state index in [1.165, 1.54) is 6.42 Å². The van der Waals surface area contributed by atoms with Gasteiger partial charge in [0, 0.05) is 16.6 Å². The predicted molar refractivity (Wildman–Crippen MR) is 82.7 cm³/mol. The fourth-order valence-corrected chi connectivity index (χ4v) is 3.01. The molecular weight excluding hydrogens is 302 g/mol. The molecule has 0 heterocycles. The van der Waals surface area contributed by atoms with Gasteiger partial charge >= 0.3 is 0 Å². The average molecular weight is 322 g/mol. The molecule has 0 aromatic heterocycles.